The second-order valence-corrected chi connectivity index (χ2v) is 9.08. The van der Waals surface area contributed by atoms with E-state index < -0.39 is 5.97 Å². The highest BCUT2D eigenvalue weighted by Crippen LogP contribution is 2.17. The molecule has 2 aromatic carbocycles. The van der Waals surface area contributed by atoms with Gasteiger partial charge in [-0.05, 0) is 54.8 Å². The Morgan fingerprint density at radius 1 is 1.11 bits per heavy atom. The Morgan fingerprint density at radius 3 is 2.53 bits per heavy atom. The number of carbonyl (C=O) groups is 1. The van der Waals surface area contributed by atoms with E-state index in [1.54, 1.807) is 24.5 Å². The number of benzene rings is 2. The van der Waals surface area contributed by atoms with Crippen molar-refractivity contribution in [1.29, 1.82) is 5.26 Å². The molecule has 0 saturated heterocycles. The van der Waals surface area contributed by atoms with Gasteiger partial charge in [0.2, 0.25) is 5.95 Å². The molecule has 2 aromatic heterocycles. The van der Waals surface area contributed by atoms with Crippen LogP contribution in [0.1, 0.15) is 38.7 Å². The average molecular weight is 546 g/mol. The number of methoxy groups -OCH3 is 1. The maximum Gasteiger partial charge on any atom is 0.356 e. The van der Waals surface area contributed by atoms with Crippen molar-refractivity contribution in [2.24, 2.45) is 0 Å². The van der Waals surface area contributed by atoms with Gasteiger partial charge in [0.05, 0.1) is 31.8 Å². The molecule has 182 valence electrons. The summed E-state index contributed by atoms with van der Waals surface area (Å²) < 4.78 is 7.84. The zero-order valence-electron chi connectivity index (χ0n) is 19.9. The zero-order valence-corrected chi connectivity index (χ0v) is 21.5. The number of aryl methyl sites for hydroxylation is 1. The summed E-state index contributed by atoms with van der Waals surface area (Å²) in [5.41, 5.74) is 3.65. The van der Waals surface area contributed by atoms with Gasteiger partial charge in [-0.2, -0.15) is 5.26 Å². The van der Waals surface area contributed by atoms with Crippen LogP contribution in [-0.4, -0.2) is 44.4 Å². The molecule has 0 bridgehead atoms. The molecule has 0 aliphatic carbocycles. The molecule has 0 aliphatic heterocycles. The summed E-state index contributed by atoms with van der Waals surface area (Å²) >= 11 is 3.47. The SMILES string of the molecule is COC(=O)c1cc(C)nc(N(CCc2ccc(Br)cc2)Cc2nncn2Cc2ccc(C#N)cc2)n1. The molecule has 4 rings (SSSR count). The molecule has 0 amide bonds. The minimum atomic E-state index is -0.515. The number of anilines is 1. The van der Waals surface area contributed by atoms with Crippen molar-refractivity contribution in [3.8, 4) is 6.07 Å². The molecule has 0 unspecified atom stereocenters. The lowest BCUT2D eigenvalue weighted by Crippen LogP contribution is -2.29. The third kappa shape index (κ3) is 6.31. The van der Waals surface area contributed by atoms with E-state index in [4.69, 9.17) is 10.00 Å². The highest BCUT2D eigenvalue weighted by atomic mass is 79.9. The van der Waals surface area contributed by atoms with Crippen molar-refractivity contribution in [3.05, 3.63) is 99.3 Å². The van der Waals surface area contributed by atoms with E-state index >= 15 is 0 Å². The predicted molar refractivity (Wildman–Crippen MR) is 137 cm³/mol. The Morgan fingerprint density at radius 2 is 1.83 bits per heavy atom. The van der Waals surface area contributed by atoms with Gasteiger partial charge in [0.1, 0.15) is 6.33 Å². The minimum absolute atomic E-state index is 0.202. The van der Waals surface area contributed by atoms with E-state index in [1.165, 1.54) is 7.11 Å². The lowest BCUT2D eigenvalue weighted by molar-refractivity contribution is 0.0593. The third-order valence-corrected chi connectivity index (χ3v) is 6.10. The number of hydrogen-bond donors (Lipinski definition) is 0. The van der Waals surface area contributed by atoms with Crippen molar-refractivity contribution in [2.45, 2.75) is 26.4 Å². The average Bonchev–Trinajstić information content (AvgIpc) is 3.33. The van der Waals surface area contributed by atoms with Crippen molar-refractivity contribution in [3.63, 3.8) is 0 Å². The molecule has 4 aromatic rings. The monoisotopic (exact) mass is 545 g/mol. The molecule has 0 aliphatic rings. The molecule has 0 atom stereocenters. The fourth-order valence-electron chi connectivity index (χ4n) is 3.65. The molecular weight excluding hydrogens is 522 g/mol. The van der Waals surface area contributed by atoms with Gasteiger partial charge in [0, 0.05) is 16.7 Å². The topological polar surface area (TPSA) is 110 Å². The van der Waals surface area contributed by atoms with Crippen LogP contribution >= 0.6 is 15.9 Å². The number of carbonyl (C=O) groups excluding carboxylic acids is 1. The Balaban J connectivity index is 1.61. The summed E-state index contributed by atoms with van der Waals surface area (Å²) in [5, 5.41) is 17.5. The summed E-state index contributed by atoms with van der Waals surface area (Å²) in [5.74, 6) is 0.624. The molecule has 9 nitrogen and oxygen atoms in total. The molecule has 10 heteroatoms. The van der Waals surface area contributed by atoms with E-state index in [0.717, 1.165) is 27.8 Å². The number of ether oxygens (including phenoxy) is 1. The first-order valence-electron chi connectivity index (χ1n) is 11.2. The Labute approximate surface area is 217 Å². The first-order valence-corrected chi connectivity index (χ1v) is 12.0. The van der Waals surface area contributed by atoms with E-state index in [-0.39, 0.29) is 5.69 Å². The Bertz CT molecular complexity index is 1380. The number of esters is 1. The summed E-state index contributed by atoms with van der Waals surface area (Å²) in [6, 6.07) is 19.3. The van der Waals surface area contributed by atoms with Gasteiger partial charge in [-0.25, -0.2) is 14.8 Å². The van der Waals surface area contributed by atoms with Crippen molar-refractivity contribution < 1.29 is 9.53 Å². The molecule has 2 heterocycles. The second kappa shape index (κ2) is 11.6. The summed E-state index contributed by atoms with van der Waals surface area (Å²) in [6.45, 7) is 3.35. The van der Waals surface area contributed by atoms with Gasteiger partial charge in [0.15, 0.2) is 11.5 Å². The molecule has 0 radical (unpaired) electrons. The van der Waals surface area contributed by atoms with Crippen LogP contribution in [0.5, 0.6) is 0 Å². The van der Waals surface area contributed by atoms with E-state index in [9.17, 15) is 4.79 Å². The van der Waals surface area contributed by atoms with E-state index in [1.807, 2.05) is 40.7 Å². The molecule has 0 fully saturated rings. The van der Waals surface area contributed by atoms with Crippen LogP contribution in [0.2, 0.25) is 0 Å². The van der Waals surface area contributed by atoms with Gasteiger partial charge in [0.25, 0.3) is 0 Å². The van der Waals surface area contributed by atoms with Gasteiger partial charge >= 0.3 is 5.97 Å². The van der Waals surface area contributed by atoms with Crippen LogP contribution in [0.4, 0.5) is 5.95 Å². The van der Waals surface area contributed by atoms with Crippen LogP contribution in [0.3, 0.4) is 0 Å². The highest BCUT2D eigenvalue weighted by Gasteiger charge is 2.18. The van der Waals surface area contributed by atoms with Crippen molar-refractivity contribution in [1.82, 2.24) is 24.7 Å². The summed E-state index contributed by atoms with van der Waals surface area (Å²) in [4.78, 5) is 23.3. The zero-order chi connectivity index (χ0) is 25.5. The van der Waals surface area contributed by atoms with Crippen LogP contribution < -0.4 is 4.90 Å². The normalized spacial score (nSPS) is 10.6. The van der Waals surface area contributed by atoms with Gasteiger partial charge < -0.3 is 14.2 Å². The minimum Gasteiger partial charge on any atom is -0.464 e. The quantitative estimate of drug-likeness (QED) is 0.289. The number of hydrogen-bond acceptors (Lipinski definition) is 8. The number of nitriles is 1. The number of aromatic nitrogens is 5. The highest BCUT2D eigenvalue weighted by molar-refractivity contribution is 9.10. The van der Waals surface area contributed by atoms with Crippen LogP contribution in [-0.2, 0) is 24.2 Å². The predicted octanol–water partition coefficient (Wildman–Crippen LogP) is 4.09. The van der Waals surface area contributed by atoms with Crippen LogP contribution in [0.25, 0.3) is 0 Å². The smallest absolute Gasteiger partial charge is 0.356 e. The standard InChI is InChI=1S/C26H24BrN7O2/c1-18-13-23(25(35)36-2)31-26(30-18)33(12-11-19-7-9-22(27)10-8-19)16-24-32-29-17-34(24)15-21-5-3-20(14-28)4-6-21/h3-10,13,17H,11-12,15-16H2,1-2H3. The number of nitrogens with zero attached hydrogens (tertiary/aromatic N) is 7. The van der Waals surface area contributed by atoms with Gasteiger partial charge in [-0.3, -0.25) is 0 Å². The maximum absolute atomic E-state index is 12.2. The molecule has 0 N–H and O–H groups in total. The summed E-state index contributed by atoms with van der Waals surface area (Å²) in [7, 11) is 1.33. The van der Waals surface area contributed by atoms with E-state index in [0.29, 0.717) is 36.8 Å². The number of halogens is 1. The van der Waals surface area contributed by atoms with E-state index in [2.05, 4.69) is 54.3 Å². The first-order chi connectivity index (χ1) is 17.4. The van der Waals surface area contributed by atoms with Crippen molar-refractivity contribution >= 4 is 27.8 Å². The van der Waals surface area contributed by atoms with Gasteiger partial charge in [-0.15, -0.1) is 10.2 Å². The fourth-order valence-corrected chi connectivity index (χ4v) is 3.92. The Kier molecular flexibility index (Phi) is 8.02. The summed E-state index contributed by atoms with van der Waals surface area (Å²) in [6.07, 6.45) is 2.42. The first kappa shape index (κ1) is 25.0. The maximum atomic E-state index is 12.2. The molecule has 36 heavy (non-hydrogen) atoms. The fraction of sp³-hybridized carbons (Fsp3) is 0.231. The molecular formula is C26H24BrN7O2. The molecule has 0 saturated carbocycles. The Hall–Kier alpha value is -4.10. The second-order valence-electron chi connectivity index (χ2n) is 8.17. The third-order valence-electron chi connectivity index (χ3n) is 5.57. The van der Waals surface area contributed by atoms with Crippen LogP contribution in [0, 0.1) is 18.3 Å². The lowest BCUT2D eigenvalue weighted by atomic mass is 10.1. The van der Waals surface area contributed by atoms with Gasteiger partial charge in [-0.1, -0.05) is 40.2 Å². The van der Waals surface area contributed by atoms with Crippen LogP contribution in [0.15, 0.2) is 65.4 Å². The number of rotatable bonds is 9. The lowest BCUT2D eigenvalue weighted by Gasteiger charge is -2.23. The molecule has 0 spiro atoms. The van der Waals surface area contributed by atoms with Crippen molar-refractivity contribution in [2.75, 3.05) is 18.6 Å². The largest absolute Gasteiger partial charge is 0.464 e.